The number of benzene rings is 1. The lowest BCUT2D eigenvalue weighted by Crippen LogP contribution is -2.51. The lowest BCUT2D eigenvalue weighted by molar-refractivity contribution is -0.142. The fourth-order valence-electron chi connectivity index (χ4n) is 8.62. The number of oxime groups is 1. The van der Waals surface area contributed by atoms with Crippen molar-refractivity contribution in [2.24, 2.45) is 39.7 Å². The van der Waals surface area contributed by atoms with Crippen molar-refractivity contribution in [1.29, 1.82) is 0 Å². The van der Waals surface area contributed by atoms with Crippen LogP contribution in [-0.4, -0.2) is 35.1 Å². The SMILES string of the molecule is CC(=O)[C@H]1CC[C@H]2[C@@H]3CCC4=C/C(=N/OCC(=O)N[C@@H](C(=O)O)c5ccccc5)CC[C@]4(C)[C@H]3CC[C@]12C. The van der Waals surface area contributed by atoms with Crippen molar-refractivity contribution in [3.63, 3.8) is 0 Å². The number of Topliss-reactive ketones (excluding diaryl/α,β-unsaturated/α-hetero) is 1. The Kier molecular flexibility index (Phi) is 7.23. The van der Waals surface area contributed by atoms with Crippen LogP contribution in [0.4, 0.5) is 0 Å². The van der Waals surface area contributed by atoms with Gasteiger partial charge in [0.2, 0.25) is 0 Å². The fourth-order valence-corrected chi connectivity index (χ4v) is 8.62. The number of amides is 1. The number of carbonyl (C=O) groups excluding carboxylic acids is 2. The van der Waals surface area contributed by atoms with Crippen molar-refractivity contribution >= 4 is 23.4 Å². The maximum Gasteiger partial charge on any atom is 0.330 e. The second kappa shape index (κ2) is 10.3. The Morgan fingerprint density at radius 3 is 2.53 bits per heavy atom. The maximum absolute atomic E-state index is 12.4. The highest BCUT2D eigenvalue weighted by Gasteiger charge is 2.59. The van der Waals surface area contributed by atoms with E-state index in [0.29, 0.717) is 29.1 Å². The molecule has 1 aromatic carbocycles. The second-order valence-electron chi connectivity index (χ2n) is 12.4. The van der Waals surface area contributed by atoms with E-state index < -0.39 is 17.9 Å². The van der Waals surface area contributed by atoms with E-state index >= 15 is 0 Å². The molecule has 0 radical (unpaired) electrons. The lowest BCUT2D eigenvalue weighted by Gasteiger charge is -2.58. The summed E-state index contributed by atoms with van der Waals surface area (Å²) in [5.41, 5.74) is 3.11. The van der Waals surface area contributed by atoms with E-state index in [1.54, 1.807) is 37.3 Å². The van der Waals surface area contributed by atoms with E-state index in [2.05, 4.69) is 30.4 Å². The number of allylic oxidation sites excluding steroid dienone is 2. The molecule has 0 aliphatic heterocycles. The summed E-state index contributed by atoms with van der Waals surface area (Å²) in [7, 11) is 0. The van der Waals surface area contributed by atoms with E-state index in [4.69, 9.17) is 4.84 Å². The average molecular weight is 521 g/mol. The first-order valence-electron chi connectivity index (χ1n) is 14.1. The van der Waals surface area contributed by atoms with Crippen molar-refractivity contribution < 1.29 is 24.3 Å². The van der Waals surface area contributed by atoms with Crippen LogP contribution >= 0.6 is 0 Å². The Bertz CT molecular complexity index is 1160. The molecule has 3 saturated carbocycles. The zero-order valence-electron chi connectivity index (χ0n) is 22.7. The molecule has 1 amide bonds. The quantitative estimate of drug-likeness (QED) is 0.464. The van der Waals surface area contributed by atoms with Crippen molar-refractivity contribution in [2.75, 3.05) is 6.61 Å². The minimum Gasteiger partial charge on any atom is -0.479 e. The molecule has 7 heteroatoms. The van der Waals surface area contributed by atoms with Crippen molar-refractivity contribution in [1.82, 2.24) is 5.32 Å². The van der Waals surface area contributed by atoms with Crippen LogP contribution in [0, 0.1) is 34.5 Å². The van der Waals surface area contributed by atoms with Crippen LogP contribution in [0.5, 0.6) is 0 Å². The number of hydrogen-bond donors (Lipinski definition) is 2. The van der Waals surface area contributed by atoms with Gasteiger partial charge in [-0.15, -0.1) is 0 Å². The number of aliphatic carboxylic acids is 1. The van der Waals surface area contributed by atoms with Gasteiger partial charge in [-0.05, 0) is 98.5 Å². The predicted octanol–water partition coefficient (Wildman–Crippen LogP) is 5.47. The van der Waals surface area contributed by atoms with Crippen LogP contribution < -0.4 is 5.32 Å². The Labute approximate surface area is 225 Å². The van der Waals surface area contributed by atoms with Gasteiger partial charge in [0.05, 0.1) is 5.71 Å². The number of nitrogens with one attached hydrogen (secondary N) is 1. The second-order valence-corrected chi connectivity index (χ2v) is 12.4. The number of carboxylic acids is 1. The summed E-state index contributed by atoms with van der Waals surface area (Å²) in [4.78, 5) is 41.8. The highest BCUT2D eigenvalue weighted by atomic mass is 16.6. The summed E-state index contributed by atoms with van der Waals surface area (Å²) in [6.07, 6.45) is 10.8. The number of hydrogen-bond acceptors (Lipinski definition) is 5. The largest absolute Gasteiger partial charge is 0.479 e. The zero-order valence-corrected chi connectivity index (χ0v) is 22.7. The summed E-state index contributed by atoms with van der Waals surface area (Å²) in [6, 6.07) is 7.47. The molecule has 204 valence electrons. The molecule has 0 unspecified atom stereocenters. The predicted molar refractivity (Wildman–Crippen MR) is 144 cm³/mol. The monoisotopic (exact) mass is 520 g/mol. The van der Waals surface area contributed by atoms with Gasteiger partial charge in [-0.2, -0.15) is 0 Å². The van der Waals surface area contributed by atoms with Gasteiger partial charge in [-0.3, -0.25) is 9.59 Å². The number of carboxylic acid groups (broad SMARTS) is 1. The molecule has 38 heavy (non-hydrogen) atoms. The number of rotatable bonds is 7. The lowest BCUT2D eigenvalue weighted by atomic mass is 9.46. The Hall–Kier alpha value is -2.96. The highest BCUT2D eigenvalue weighted by Crippen LogP contribution is 2.66. The van der Waals surface area contributed by atoms with Gasteiger partial charge in [0.1, 0.15) is 5.78 Å². The standard InChI is InChI=1S/C31H40N2O5/c1-19(34)24-11-12-25-23-10-9-21-17-22(13-15-30(21,2)26(23)14-16-31(24,25)3)33-38-18-27(35)32-28(29(36)37)20-7-5-4-6-8-20/h4-8,17,23-26,28H,9-16,18H2,1-3H3,(H,32,35)(H,36,37)/b33-22+/t23-,24+,25-,26-,28+,30-,31+/m0/s1. The Balaban J connectivity index is 1.22. The molecule has 0 saturated heterocycles. The van der Waals surface area contributed by atoms with Gasteiger partial charge in [-0.1, -0.05) is 54.9 Å². The topological polar surface area (TPSA) is 105 Å². The molecular weight excluding hydrogens is 480 g/mol. The van der Waals surface area contributed by atoms with Gasteiger partial charge in [0.25, 0.3) is 5.91 Å². The molecule has 4 aliphatic rings. The first kappa shape index (κ1) is 26.6. The first-order chi connectivity index (χ1) is 18.1. The number of fused-ring (bicyclic) bond motifs is 5. The smallest absolute Gasteiger partial charge is 0.330 e. The van der Waals surface area contributed by atoms with E-state index in [9.17, 15) is 19.5 Å². The van der Waals surface area contributed by atoms with Crippen LogP contribution in [0.1, 0.15) is 83.7 Å². The zero-order chi connectivity index (χ0) is 27.1. The molecule has 0 spiro atoms. The number of ketones is 1. The van der Waals surface area contributed by atoms with Crippen molar-refractivity contribution in [3.05, 3.63) is 47.5 Å². The van der Waals surface area contributed by atoms with Crippen LogP contribution in [0.15, 0.2) is 47.1 Å². The highest BCUT2D eigenvalue weighted by molar-refractivity contribution is 5.96. The van der Waals surface area contributed by atoms with Gasteiger partial charge in [0, 0.05) is 5.92 Å². The molecule has 2 N–H and O–H groups in total. The van der Waals surface area contributed by atoms with Crippen LogP contribution in [0.3, 0.4) is 0 Å². The molecular formula is C31H40N2O5. The molecule has 0 bridgehead atoms. The van der Waals surface area contributed by atoms with Gasteiger partial charge in [-0.25, -0.2) is 4.79 Å². The van der Waals surface area contributed by atoms with Crippen LogP contribution in [-0.2, 0) is 19.2 Å². The maximum atomic E-state index is 12.4. The number of carbonyl (C=O) groups is 3. The third-order valence-electron chi connectivity index (χ3n) is 10.5. The van der Waals surface area contributed by atoms with Gasteiger partial charge >= 0.3 is 5.97 Å². The summed E-state index contributed by atoms with van der Waals surface area (Å²) < 4.78 is 0. The van der Waals surface area contributed by atoms with Crippen LogP contribution in [0.25, 0.3) is 0 Å². The summed E-state index contributed by atoms with van der Waals surface area (Å²) in [5.74, 6) is 0.940. The third kappa shape index (κ3) is 4.69. The van der Waals surface area contributed by atoms with Crippen molar-refractivity contribution in [3.8, 4) is 0 Å². The van der Waals surface area contributed by atoms with Crippen LogP contribution in [0.2, 0.25) is 0 Å². The minimum atomic E-state index is -1.13. The van der Waals surface area contributed by atoms with E-state index in [1.807, 2.05) is 0 Å². The average Bonchev–Trinajstić information content (AvgIpc) is 3.25. The first-order valence-corrected chi connectivity index (χ1v) is 14.1. The van der Waals surface area contributed by atoms with Gasteiger partial charge < -0.3 is 15.3 Å². The molecule has 5 rings (SSSR count). The molecule has 7 atom stereocenters. The molecule has 7 nitrogen and oxygen atoms in total. The minimum absolute atomic E-state index is 0.152. The van der Waals surface area contributed by atoms with Crippen molar-refractivity contribution in [2.45, 2.75) is 78.2 Å². The van der Waals surface area contributed by atoms with E-state index in [0.717, 1.165) is 37.8 Å². The van der Waals surface area contributed by atoms with E-state index in [-0.39, 0.29) is 23.4 Å². The van der Waals surface area contributed by atoms with E-state index in [1.165, 1.54) is 24.8 Å². The van der Waals surface area contributed by atoms with Gasteiger partial charge in [0.15, 0.2) is 12.6 Å². The molecule has 3 fully saturated rings. The summed E-state index contributed by atoms with van der Waals surface area (Å²) in [6.45, 7) is 6.27. The summed E-state index contributed by atoms with van der Waals surface area (Å²) in [5, 5.41) is 16.3. The fraction of sp³-hybridized carbons (Fsp3) is 0.613. The summed E-state index contributed by atoms with van der Waals surface area (Å²) >= 11 is 0. The number of nitrogens with zero attached hydrogens (tertiary/aromatic N) is 1. The molecule has 0 aromatic heterocycles. The Morgan fingerprint density at radius 1 is 1.05 bits per heavy atom. The normalized spacial score (nSPS) is 35.8. The molecule has 4 aliphatic carbocycles. The third-order valence-corrected chi connectivity index (χ3v) is 10.5. The molecule has 0 heterocycles. The molecule has 1 aromatic rings. The Morgan fingerprint density at radius 2 is 1.82 bits per heavy atom.